The van der Waals surface area contributed by atoms with Gasteiger partial charge < -0.3 is 10.7 Å². The number of nitrogens with one attached hydrogen (secondary N) is 1. The zero-order valence-corrected chi connectivity index (χ0v) is 12.7. The van der Waals surface area contributed by atoms with Gasteiger partial charge in [-0.1, -0.05) is 18.2 Å². The van der Waals surface area contributed by atoms with Gasteiger partial charge in [0.15, 0.2) is 0 Å². The van der Waals surface area contributed by atoms with Crippen LogP contribution in [0.25, 0.3) is 10.9 Å². The van der Waals surface area contributed by atoms with Gasteiger partial charge in [0, 0.05) is 23.0 Å². The van der Waals surface area contributed by atoms with Crippen molar-refractivity contribution in [2.24, 2.45) is 5.73 Å². The Kier molecular flexibility index (Phi) is 4.32. The van der Waals surface area contributed by atoms with Gasteiger partial charge in [-0.2, -0.15) is 13.2 Å². The Morgan fingerprint density at radius 1 is 1.08 bits per heavy atom. The van der Waals surface area contributed by atoms with Crippen LogP contribution in [0.3, 0.4) is 0 Å². The smallest absolute Gasteiger partial charge is 0.361 e. The lowest BCUT2D eigenvalue weighted by atomic mass is 9.91. The van der Waals surface area contributed by atoms with E-state index in [1.807, 2.05) is 0 Å². The van der Waals surface area contributed by atoms with E-state index in [0.29, 0.717) is 17.4 Å². The molecule has 0 radical (unpaired) electrons. The van der Waals surface area contributed by atoms with E-state index >= 15 is 0 Å². The van der Waals surface area contributed by atoms with Gasteiger partial charge >= 0.3 is 6.18 Å². The predicted octanol–water partition coefficient (Wildman–Crippen LogP) is 4.61. The van der Waals surface area contributed by atoms with Gasteiger partial charge in [-0.15, -0.1) is 0 Å². The first-order valence-corrected chi connectivity index (χ1v) is 7.51. The molecule has 3 aromatic rings. The number of aromatic nitrogens is 1. The van der Waals surface area contributed by atoms with E-state index in [2.05, 4.69) is 4.98 Å². The number of alkyl halides is 3. The van der Waals surface area contributed by atoms with Crippen molar-refractivity contribution in [3.8, 4) is 0 Å². The van der Waals surface area contributed by atoms with E-state index < -0.39 is 11.7 Å². The predicted molar refractivity (Wildman–Crippen MR) is 85.2 cm³/mol. The van der Waals surface area contributed by atoms with Crippen molar-refractivity contribution in [3.05, 3.63) is 71.2 Å². The molecule has 6 heteroatoms. The number of nitrogens with two attached hydrogens (primary N) is 1. The van der Waals surface area contributed by atoms with Crippen molar-refractivity contribution >= 4 is 10.9 Å². The Morgan fingerprint density at radius 2 is 1.88 bits per heavy atom. The molecule has 0 saturated heterocycles. The highest BCUT2D eigenvalue weighted by Gasteiger charge is 2.30. The van der Waals surface area contributed by atoms with Crippen LogP contribution < -0.4 is 5.73 Å². The summed E-state index contributed by atoms with van der Waals surface area (Å²) in [6.45, 7) is 0.250. The second-order valence-electron chi connectivity index (χ2n) is 5.77. The number of fused-ring (bicyclic) bond motifs is 1. The summed E-state index contributed by atoms with van der Waals surface area (Å²) in [6, 6.07) is 9.61. The fourth-order valence-corrected chi connectivity index (χ4v) is 2.93. The van der Waals surface area contributed by atoms with Crippen LogP contribution >= 0.6 is 0 Å². The molecule has 126 valence electrons. The van der Waals surface area contributed by atoms with Crippen LogP contribution in [-0.4, -0.2) is 11.5 Å². The van der Waals surface area contributed by atoms with E-state index in [-0.39, 0.29) is 18.3 Å². The molecule has 1 heterocycles. The third kappa shape index (κ3) is 3.28. The first kappa shape index (κ1) is 16.5. The van der Waals surface area contributed by atoms with Crippen LogP contribution in [0.15, 0.2) is 48.7 Å². The normalized spacial score (nSPS) is 13.4. The Morgan fingerprint density at radius 3 is 2.58 bits per heavy atom. The summed E-state index contributed by atoms with van der Waals surface area (Å²) in [5.74, 6) is -0.567. The summed E-state index contributed by atoms with van der Waals surface area (Å²) in [7, 11) is 0. The van der Waals surface area contributed by atoms with Crippen LogP contribution in [-0.2, 0) is 12.6 Å². The van der Waals surface area contributed by atoms with Gasteiger partial charge in [-0.05, 0) is 48.4 Å². The molecule has 2 nitrogen and oxygen atoms in total. The molecule has 0 aliphatic heterocycles. The largest absolute Gasteiger partial charge is 0.416 e. The van der Waals surface area contributed by atoms with Crippen molar-refractivity contribution in [3.63, 3.8) is 0 Å². The maximum atomic E-state index is 13.5. The van der Waals surface area contributed by atoms with Crippen molar-refractivity contribution in [2.75, 3.05) is 6.54 Å². The average molecular weight is 336 g/mol. The maximum Gasteiger partial charge on any atom is 0.416 e. The van der Waals surface area contributed by atoms with Crippen LogP contribution in [0.1, 0.15) is 22.6 Å². The number of aromatic amines is 1. The molecule has 3 rings (SSSR count). The number of halogens is 4. The molecule has 0 saturated carbocycles. The summed E-state index contributed by atoms with van der Waals surface area (Å²) in [6.07, 6.45) is -2.28. The minimum Gasteiger partial charge on any atom is -0.361 e. The molecule has 3 N–H and O–H groups in total. The number of benzene rings is 2. The Bertz CT molecular complexity index is 852. The molecule has 1 atom stereocenters. The third-order valence-corrected chi connectivity index (χ3v) is 4.14. The SMILES string of the molecule is NCC(Cc1cccc(C(F)(F)F)c1)c1c[nH]c2ccc(F)cc12. The standard InChI is InChI=1S/C18H16F4N2/c19-14-4-5-17-15(8-14)16(10-24-17)12(9-23)6-11-2-1-3-13(7-11)18(20,21)22/h1-5,7-8,10,12,24H,6,9,23H2. The molecule has 1 aromatic heterocycles. The summed E-state index contributed by atoms with van der Waals surface area (Å²) < 4.78 is 52.0. The van der Waals surface area contributed by atoms with E-state index in [1.165, 1.54) is 18.2 Å². The number of hydrogen-bond acceptors (Lipinski definition) is 1. The molecular formula is C18H16F4N2. The molecule has 0 bridgehead atoms. The van der Waals surface area contributed by atoms with Crippen molar-refractivity contribution in [2.45, 2.75) is 18.5 Å². The Labute approximate surface area is 136 Å². The minimum absolute atomic E-state index is 0.205. The topological polar surface area (TPSA) is 41.8 Å². The lowest BCUT2D eigenvalue weighted by Crippen LogP contribution is -2.15. The molecule has 0 spiro atoms. The molecule has 0 amide bonds. The molecule has 24 heavy (non-hydrogen) atoms. The monoisotopic (exact) mass is 336 g/mol. The van der Waals surface area contributed by atoms with E-state index in [1.54, 1.807) is 18.3 Å². The zero-order valence-electron chi connectivity index (χ0n) is 12.7. The number of rotatable bonds is 4. The highest BCUT2D eigenvalue weighted by Crippen LogP contribution is 2.32. The summed E-state index contributed by atoms with van der Waals surface area (Å²) in [5, 5.41) is 0.706. The van der Waals surface area contributed by atoms with Crippen LogP contribution in [0, 0.1) is 5.82 Å². The average Bonchev–Trinajstić information content (AvgIpc) is 2.95. The molecule has 0 aliphatic carbocycles. The molecular weight excluding hydrogens is 320 g/mol. The van der Waals surface area contributed by atoms with Gasteiger partial charge in [0.1, 0.15) is 5.82 Å². The fourth-order valence-electron chi connectivity index (χ4n) is 2.93. The quantitative estimate of drug-likeness (QED) is 0.671. The summed E-state index contributed by atoms with van der Waals surface area (Å²) in [4.78, 5) is 3.05. The molecule has 2 aromatic carbocycles. The van der Waals surface area contributed by atoms with E-state index in [9.17, 15) is 17.6 Å². The van der Waals surface area contributed by atoms with Gasteiger partial charge in [0.05, 0.1) is 5.56 Å². The molecule has 1 unspecified atom stereocenters. The number of hydrogen-bond donors (Lipinski definition) is 2. The number of H-pyrrole nitrogens is 1. The van der Waals surface area contributed by atoms with Gasteiger partial charge in [-0.3, -0.25) is 0 Å². The van der Waals surface area contributed by atoms with Crippen molar-refractivity contribution in [1.82, 2.24) is 4.98 Å². The van der Waals surface area contributed by atoms with E-state index in [0.717, 1.165) is 23.2 Å². The van der Waals surface area contributed by atoms with Gasteiger partial charge in [0.25, 0.3) is 0 Å². The lowest BCUT2D eigenvalue weighted by Gasteiger charge is -2.16. The second kappa shape index (κ2) is 6.28. The Hall–Kier alpha value is -2.34. The van der Waals surface area contributed by atoms with E-state index in [4.69, 9.17) is 5.73 Å². The van der Waals surface area contributed by atoms with Crippen molar-refractivity contribution < 1.29 is 17.6 Å². The zero-order chi connectivity index (χ0) is 17.3. The van der Waals surface area contributed by atoms with Crippen LogP contribution in [0.2, 0.25) is 0 Å². The Balaban J connectivity index is 1.93. The first-order chi connectivity index (χ1) is 11.4. The van der Waals surface area contributed by atoms with Gasteiger partial charge in [-0.25, -0.2) is 4.39 Å². The third-order valence-electron chi connectivity index (χ3n) is 4.14. The van der Waals surface area contributed by atoms with Crippen LogP contribution in [0.4, 0.5) is 17.6 Å². The first-order valence-electron chi connectivity index (χ1n) is 7.51. The van der Waals surface area contributed by atoms with Crippen molar-refractivity contribution in [1.29, 1.82) is 0 Å². The fraction of sp³-hybridized carbons (Fsp3) is 0.222. The lowest BCUT2D eigenvalue weighted by molar-refractivity contribution is -0.137. The molecule has 0 aliphatic rings. The van der Waals surface area contributed by atoms with Gasteiger partial charge in [0.2, 0.25) is 0 Å². The molecule has 0 fully saturated rings. The highest BCUT2D eigenvalue weighted by molar-refractivity contribution is 5.83. The maximum absolute atomic E-state index is 13.5. The van der Waals surface area contributed by atoms with Crippen LogP contribution in [0.5, 0.6) is 0 Å². The highest BCUT2D eigenvalue weighted by atomic mass is 19.4. The summed E-state index contributed by atoms with van der Waals surface area (Å²) >= 11 is 0. The minimum atomic E-state index is -4.38. The summed E-state index contributed by atoms with van der Waals surface area (Å²) in [5.41, 5.74) is 7.28. The second-order valence-corrected chi connectivity index (χ2v) is 5.77.